The minimum Gasteiger partial charge on any atom is -0.349 e. The normalized spacial score (nSPS) is 15.0. The summed E-state index contributed by atoms with van der Waals surface area (Å²) in [6.45, 7) is 3.76. The molecule has 5 nitrogen and oxygen atoms in total. The maximum Gasteiger partial charge on any atom is 0.254 e. The van der Waals surface area contributed by atoms with Gasteiger partial charge in [-0.15, -0.1) is 12.4 Å². The Hall–Kier alpha value is -1.56. The third-order valence-electron chi connectivity index (χ3n) is 3.91. The molecule has 1 aliphatic rings. The van der Waals surface area contributed by atoms with E-state index in [-0.39, 0.29) is 24.4 Å². The molecule has 2 N–H and O–H groups in total. The number of carbonyl (C=O) groups excluding carboxylic acids is 1. The highest BCUT2D eigenvalue weighted by molar-refractivity contribution is 6.30. The number of nitrogens with one attached hydrogen (secondary N) is 2. The van der Waals surface area contributed by atoms with Gasteiger partial charge in [-0.3, -0.25) is 4.79 Å². The van der Waals surface area contributed by atoms with Crippen LogP contribution in [0.2, 0.25) is 5.02 Å². The fraction of sp³-hybridized carbons (Fsp3) is 0.375. The number of piperidine rings is 1. The van der Waals surface area contributed by atoms with Crippen LogP contribution in [0.1, 0.15) is 28.9 Å². The molecule has 0 bridgehead atoms. The minimum atomic E-state index is -0.0513. The van der Waals surface area contributed by atoms with E-state index >= 15 is 0 Å². The molecule has 3 rings (SSSR count). The molecule has 2 heterocycles. The summed E-state index contributed by atoms with van der Waals surface area (Å²) >= 11 is 5.90. The van der Waals surface area contributed by atoms with Crippen molar-refractivity contribution in [1.29, 1.82) is 0 Å². The van der Waals surface area contributed by atoms with Gasteiger partial charge in [-0.05, 0) is 57.1 Å². The zero-order valence-corrected chi connectivity index (χ0v) is 14.5. The Kier molecular flexibility index (Phi) is 6.04. The van der Waals surface area contributed by atoms with Crippen molar-refractivity contribution in [3.8, 4) is 5.69 Å². The van der Waals surface area contributed by atoms with Gasteiger partial charge in [0.25, 0.3) is 5.91 Å². The van der Waals surface area contributed by atoms with Crippen molar-refractivity contribution in [3.05, 3.63) is 46.7 Å². The minimum absolute atomic E-state index is 0. The molecule has 0 unspecified atom stereocenters. The molecule has 2 aromatic rings. The summed E-state index contributed by atoms with van der Waals surface area (Å²) in [4.78, 5) is 12.4. The number of carbonyl (C=O) groups is 1. The lowest BCUT2D eigenvalue weighted by Crippen LogP contribution is -2.42. The summed E-state index contributed by atoms with van der Waals surface area (Å²) < 4.78 is 1.71. The summed E-state index contributed by atoms with van der Waals surface area (Å²) in [5, 5.41) is 11.5. The molecule has 0 spiro atoms. The van der Waals surface area contributed by atoms with Gasteiger partial charge in [0.15, 0.2) is 0 Å². The van der Waals surface area contributed by atoms with E-state index in [0.717, 1.165) is 37.3 Å². The fourth-order valence-electron chi connectivity index (χ4n) is 2.64. The number of amides is 1. The van der Waals surface area contributed by atoms with E-state index in [1.165, 1.54) is 0 Å². The van der Waals surface area contributed by atoms with Crippen LogP contribution in [0.5, 0.6) is 0 Å². The van der Waals surface area contributed by atoms with Crippen LogP contribution in [-0.4, -0.2) is 34.8 Å². The van der Waals surface area contributed by atoms with Crippen molar-refractivity contribution in [3.63, 3.8) is 0 Å². The van der Waals surface area contributed by atoms with Gasteiger partial charge in [0.05, 0.1) is 16.9 Å². The monoisotopic (exact) mass is 354 g/mol. The van der Waals surface area contributed by atoms with Crippen LogP contribution < -0.4 is 10.6 Å². The van der Waals surface area contributed by atoms with E-state index < -0.39 is 0 Å². The van der Waals surface area contributed by atoms with E-state index in [4.69, 9.17) is 11.6 Å². The van der Waals surface area contributed by atoms with Gasteiger partial charge < -0.3 is 10.6 Å². The van der Waals surface area contributed by atoms with Crippen LogP contribution >= 0.6 is 24.0 Å². The number of nitrogens with zero attached hydrogens (tertiary/aromatic N) is 2. The highest BCUT2D eigenvalue weighted by atomic mass is 35.5. The Bertz CT molecular complexity index is 663. The lowest BCUT2D eigenvalue weighted by molar-refractivity contribution is 0.0929. The fourth-order valence-corrected chi connectivity index (χ4v) is 2.76. The zero-order chi connectivity index (χ0) is 15.5. The smallest absolute Gasteiger partial charge is 0.254 e. The largest absolute Gasteiger partial charge is 0.349 e. The lowest BCUT2D eigenvalue weighted by atomic mass is 10.1. The van der Waals surface area contributed by atoms with Crippen LogP contribution in [0.25, 0.3) is 5.69 Å². The first kappa shape index (κ1) is 17.8. The molecule has 1 aliphatic heterocycles. The Labute approximate surface area is 146 Å². The van der Waals surface area contributed by atoms with Gasteiger partial charge in [-0.1, -0.05) is 11.6 Å². The molecule has 7 heteroatoms. The molecular formula is C16H20Cl2N4O. The van der Waals surface area contributed by atoms with Crippen molar-refractivity contribution < 1.29 is 4.79 Å². The molecule has 0 radical (unpaired) electrons. The molecule has 124 valence electrons. The Morgan fingerprint density at radius 3 is 2.61 bits per heavy atom. The molecule has 0 atom stereocenters. The highest BCUT2D eigenvalue weighted by Gasteiger charge is 2.19. The zero-order valence-electron chi connectivity index (χ0n) is 12.9. The summed E-state index contributed by atoms with van der Waals surface area (Å²) in [5.74, 6) is -0.0513. The Morgan fingerprint density at radius 2 is 1.96 bits per heavy atom. The standard InChI is InChI=1S/C16H19ClN4O.ClH/c1-11-15(16(22)19-13-6-8-18-9-7-13)10-21(20-11)14-4-2-12(17)3-5-14;/h2-5,10,13,18H,6-9H2,1H3,(H,19,22);1H. The number of benzene rings is 1. The third-order valence-corrected chi connectivity index (χ3v) is 4.16. The third kappa shape index (κ3) is 4.25. The molecule has 1 amide bonds. The molecule has 1 fully saturated rings. The topological polar surface area (TPSA) is 59.0 Å². The van der Waals surface area contributed by atoms with Gasteiger partial charge in [0.2, 0.25) is 0 Å². The van der Waals surface area contributed by atoms with Crippen LogP contribution in [0.3, 0.4) is 0 Å². The first-order valence-corrected chi connectivity index (χ1v) is 7.85. The number of aromatic nitrogens is 2. The summed E-state index contributed by atoms with van der Waals surface area (Å²) in [6, 6.07) is 7.62. The number of hydrogen-bond donors (Lipinski definition) is 2. The second kappa shape index (κ2) is 7.81. The number of hydrogen-bond acceptors (Lipinski definition) is 3. The Morgan fingerprint density at radius 1 is 1.30 bits per heavy atom. The van der Waals surface area contributed by atoms with E-state index in [0.29, 0.717) is 10.6 Å². The number of rotatable bonds is 3. The molecule has 0 saturated carbocycles. The second-order valence-corrected chi connectivity index (χ2v) is 5.98. The SMILES string of the molecule is Cc1nn(-c2ccc(Cl)cc2)cc1C(=O)NC1CCNCC1.Cl. The first-order chi connectivity index (χ1) is 10.6. The summed E-state index contributed by atoms with van der Waals surface area (Å²) in [7, 11) is 0. The summed E-state index contributed by atoms with van der Waals surface area (Å²) in [6.07, 6.45) is 3.71. The molecule has 1 saturated heterocycles. The number of aryl methyl sites for hydroxylation is 1. The van der Waals surface area contributed by atoms with Gasteiger partial charge in [0, 0.05) is 17.3 Å². The van der Waals surface area contributed by atoms with Crippen LogP contribution in [-0.2, 0) is 0 Å². The van der Waals surface area contributed by atoms with Crippen molar-refractivity contribution in [1.82, 2.24) is 20.4 Å². The molecule has 1 aromatic heterocycles. The summed E-state index contributed by atoms with van der Waals surface area (Å²) in [5.41, 5.74) is 2.23. The van der Waals surface area contributed by atoms with Crippen molar-refractivity contribution in [2.75, 3.05) is 13.1 Å². The van der Waals surface area contributed by atoms with E-state index in [9.17, 15) is 4.79 Å². The molecular weight excluding hydrogens is 335 g/mol. The van der Waals surface area contributed by atoms with E-state index in [1.54, 1.807) is 10.9 Å². The molecule has 23 heavy (non-hydrogen) atoms. The predicted molar refractivity (Wildman–Crippen MR) is 93.9 cm³/mol. The van der Waals surface area contributed by atoms with Crippen LogP contribution in [0.15, 0.2) is 30.5 Å². The maximum atomic E-state index is 12.4. The van der Waals surface area contributed by atoms with Gasteiger partial charge >= 0.3 is 0 Å². The Balaban J connectivity index is 0.00000192. The first-order valence-electron chi connectivity index (χ1n) is 7.47. The van der Waals surface area contributed by atoms with Crippen molar-refractivity contribution in [2.24, 2.45) is 0 Å². The van der Waals surface area contributed by atoms with Gasteiger partial charge in [-0.25, -0.2) is 4.68 Å². The van der Waals surface area contributed by atoms with Gasteiger partial charge in [-0.2, -0.15) is 5.10 Å². The number of halogens is 2. The average molecular weight is 355 g/mol. The molecule has 1 aromatic carbocycles. The second-order valence-electron chi connectivity index (χ2n) is 5.55. The van der Waals surface area contributed by atoms with Crippen molar-refractivity contribution >= 4 is 29.9 Å². The van der Waals surface area contributed by atoms with Crippen LogP contribution in [0.4, 0.5) is 0 Å². The lowest BCUT2D eigenvalue weighted by Gasteiger charge is -2.23. The average Bonchev–Trinajstić information content (AvgIpc) is 2.91. The van der Waals surface area contributed by atoms with E-state index in [1.807, 2.05) is 31.2 Å². The predicted octanol–water partition coefficient (Wildman–Crippen LogP) is 2.74. The highest BCUT2D eigenvalue weighted by Crippen LogP contribution is 2.16. The van der Waals surface area contributed by atoms with Crippen molar-refractivity contribution in [2.45, 2.75) is 25.8 Å². The van der Waals surface area contributed by atoms with E-state index in [2.05, 4.69) is 15.7 Å². The quantitative estimate of drug-likeness (QED) is 0.890. The van der Waals surface area contributed by atoms with Crippen LogP contribution in [0, 0.1) is 6.92 Å². The molecule has 0 aliphatic carbocycles. The van der Waals surface area contributed by atoms with Gasteiger partial charge in [0.1, 0.15) is 0 Å². The maximum absolute atomic E-state index is 12.4.